The molecule has 0 fully saturated rings. The van der Waals surface area contributed by atoms with Crippen LogP contribution in [-0.4, -0.2) is 21.9 Å². The maximum Gasteiger partial charge on any atom is 0.226 e. The molecular weight excluding hydrogens is 468 g/mol. The van der Waals surface area contributed by atoms with Gasteiger partial charge in [-0.15, -0.1) is 0 Å². The molecule has 4 aromatic rings. The van der Waals surface area contributed by atoms with Crippen LogP contribution in [0.5, 0.6) is 11.5 Å². The Morgan fingerprint density at radius 2 is 1.84 bits per heavy atom. The van der Waals surface area contributed by atoms with Gasteiger partial charge < -0.3 is 14.8 Å². The lowest BCUT2D eigenvalue weighted by Gasteiger charge is -2.39. The summed E-state index contributed by atoms with van der Waals surface area (Å²) < 4.78 is 15.1. The molecule has 0 aliphatic carbocycles. The first-order valence-corrected chi connectivity index (χ1v) is 11.1. The van der Waals surface area contributed by atoms with Crippen molar-refractivity contribution in [3.8, 4) is 11.5 Å². The third-order valence-electron chi connectivity index (χ3n) is 5.88. The summed E-state index contributed by atoms with van der Waals surface area (Å²) in [5.41, 5.74) is 5.20. The van der Waals surface area contributed by atoms with Crippen LogP contribution in [0.25, 0.3) is 5.70 Å². The Morgan fingerprint density at radius 1 is 1.00 bits per heavy atom. The summed E-state index contributed by atoms with van der Waals surface area (Å²) in [5, 5.41) is 8.09. The Balaban J connectivity index is 1.63. The zero-order valence-electron chi connectivity index (χ0n) is 17.2. The molecule has 158 valence electrons. The molecule has 3 aromatic carbocycles. The molecule has 2 unspecified atom stereocenters. The average molecular weight is 487 g/mol. The number of aromatic nitrogens is 3. The Morgan fingerprint density at radius 3 is 2.72 bits per heavy atom. The molecule has 6 nitrogen and oxygen atoms in total. The van der Waals surface area contributed by atoms with E-state index in [9.17, 15) is 0 Å². The molecule has 2 aliphatic heterocycles. The number of anilines is 1. The van der Waals surface area contributed by atoms with Crippen LogP contribution >= 0.6 is 15.9 Å². The predicted octanol–water partition coefficient (Wildman–Crippen LogP) is 5.61. The van der Waals surface area contributed by atoms with Crippen molar-refractivity contribution in [3.63, 3.8) is 0 Å². The molecule has 0 radical (unpaired) electrons. The molecule has 1 aromatic heterocycles. The number of rotatable bonds is 3. The summed E-state index contributed by atoms with van der Waals surface area (Å²) in [4.78, 5) is 4.48. The summed E-state index contributed by atoms with van der Waals surface area (Å²) in [7, 11) is 1.68. The molecular formula is C25H19BrN4O2. The Hall–Kier alpha value is -3.58. The minimum atomic E-state index is -0.307. The van der Waals surface area contributed by atoms with Gasteiger partial charge in [0.05, 0.1) is 12.8 Å². The van der Waals surface area contributed by atoms with E-state index in [-0.39, 0.29) is 12.1 Å². The van der Waals surface area contributed by atoms with Gasteiger partial charge in [0.1, 0.15) is 30.0 Å². The third-order valence-corrected chi connectivity index (χ3v) is 6.38. The van der Waals surface area contributed by atoms with Gasteiger partial charge >= 0.3 is 0 Å². The summed E-state index contributed by atoms with van der Waals surface area (Å²) in [6, 6.07) is 24.2. The quantitative estimate of drug-likeness (QED) is 0.407. The van der Waals surface area contributed by atoms with Gasteiger partial charge in [-0.25, -0.2) is 4.68 Å². The molecule has 2 aliphatic rings. The number of hydrogen-bond acceptors (Lipinski definition) is 5. The number of ether oxygens (including phenoxy) is 2. The van der Waals surface area contributed by atoms with Crippen LogP contribution in [0.2, 0.25) is 0 Å². The topological polar surface area (TPSA) is 61.2 Å². The van der Waals surface area contributed by atoms with Gasteiger partial charge in [0.2, 0.25) is 5.95 Å². The van der Waals surface area contributed by atoms with Gasteiger partial charge in [-0.1, -0.05) is 52.3 Å². The first-order valence-electron chi connectivity index (χ1n) is 10.3. The molecule has 0 saturated heterocycles. The van der Waals surface area contributed by atoms with E-state index < -0.39 is 0 Å². The Labute approximate surface area is 193 Å². The largest absolute Gasteiger partial charge is 0.497 e. The van der Waals surface area contributed by atoms with Gasteiger partial charge in [-0.05, 0) is 47.5 Å². The molecule has 0 amide bonds. The van der Waals surface area contributed by atoms with Gasteiger partial charge in [0.25, 0.3) is 0 Å². The van der Waals surface area contributed by atoms with Gasteiger partial charge in [0, 0.05) is 15.6 Å². The fourth-order valence-electron chi connectivity index (χ4n) is 4.49. The first-order chi connectivity index (χ1) is 15.7. The normalized spacial score (nSPS) is 18.7. The fraction of sp³-hybridized carbons (Fsp3) is 0.120. The highest BCUT2D eigenvalue weighted by Crippen LogP contribution is 2.50. The number of fused-ring (bicyclic) bond motifs is 3. The molecule has 32 heavy (non-hydrogen) atoms. The van der Waals surface area contributed by atoms with Gasteiger partial charge in [-0.2, -0.15) is 10.1 Å². The van der Waals surface area contributed by atoms with Crippen LogP contribution < -0.4 is 14.8 Å². The van der Waals surface area contributed by atoms with E-state index in [4.69, 9.17) is 9.47 Å². The average Bonchev–Trinajstić information content (AvgIpc) is 3.30. The predicted molar refractivity (Wildman–Crippen MR) is 126 cm³/mol. The molecule has 2 atom stereocenters. The van der Waals surface area contributed by atoms with Crippen LogP contribution in [0.1, 0.15) is 28.8 Å². The molecule has 0 bridgehead atoms. The van der Waals surface area contributed by atoms with Crippen molar-refractivity contribution in [2.75, 3.05) is 12.4 Å². The molecule has 7 heteroatoms. The number of halogens is 1. The Bertz CT molecular complexity index is 1360. The maximum absolute atomic E-state index is 6.63. The van der Waals surface area contributed by atoms with E-state index in [0.717, 1.165) is 43.9 Å². The Kier molecular flexibility index (Phi) is 4.50. The minimum absolute atomic E-state index is 0.212. The standard InChI is InChI=1S/C25H19BrN4O2/c1-31-18-9-5-6-15(13-18)23-21-22(29-25-27-14-28-30(23)25)19-10-2-3-11-20(19)32-24(21)16-7-4-8-17(26)12-16/h2-14,23-24H,1H3,(H,27,28,29). The summed E-state index contributed by atoms with van der Waals surface area (Å²) >= 11 is 3.62. The number of nitrogens with one attached hydrogen (secondary N) is 1. The van der Waals surface area contributed by atoms with Crippen molar-refractivity contribution < 1.29 is 9.47 Å². The second-order valence-electron chi connectivity index (χ2n) is 7.71. The highest BCUT2D eigenvalue weighted by molar-refractivity contribution is 9.10. The smallest absolute Gasteiger partial charge is 0.226 e. The van der Waals surface area contributed by atoms with E-state index in [1.807, 2.05) is 53.2 Å². The lowest BCUT2D eigenvalue weighted by molar-refractivity contribution is 0.223. The summed E-state index contributed by atoms with van der Waals surface area (Å²) in [5.74, 6) is 2.32. The monoisotopic (exact) mass is 486 g/mol. The van der Waals surface area contributed by atoms with Crippen molar-refractivity contribution in [2.24, 2.45) is 0 Å². The lowest BCUT2D eigenvalue weighted by atomic mass is 9.84. The number of para-hydroxylation sites is 1. The van der Waals surface area contributed by atoms with Crippen molar-refractivity contribution in [1.82, 2.24) is 14.8 Å². The van der Waals surface area contributed by atoms with Crippen molar-refractivity contribution in [3.05, 3.63) is 106 Å². The maximum atomic E-state index is 6.63. The van der Waals surface area contributed by atoms with E-state index in [1.54, 1.807) is 13.4 Å². The van der Waals surface area contributed by atoms with Crippen molar-refractivity contribution >= 4 is 27.6 Å². The molecule has 0 spiro atoms. The summed E-state index contributed by atoms with van der Waals surface area (Å²) in [6.45, 7) is 0. The van der Waals surface area contributed by atoms with E-state index in [2.05, 4.69) is 55.6 Å². The highest BCUT2D eigenvalue weighted by Gasteiger charge is 2.41. The van der Waals surface area contributed by atoms with Crippen molar-refractivity contribution in [1.29, 1.82) is 0 Å². The van der Waals surface area contributed by atoms with Crippen LogP contribution in [0.4, 0.5) is 5.95 Å². The van der Waals surface area contributed by atoms with E-state index >= 15 is 0 Å². The molecule has 3 heterocycles. The molecule has 0 saturated carbocycles. The zero-order valence-corrected chi connectivity index (χ0v) is 18.8. The molecule has 1 N–H and O–H groups in total. The SMILES string of the molecule is COc1cccc(C2C3=C(Nc4ncnn42)c2ccccc2OC3c2cccc(Br)c2)c1. The van der Waals surface area contributed by atoms with Crippen LogP contribution in [0.3, 0.4) is 0 Å². The number of benzene rings is 3. The molecule has 6 rings (SSSR count). The number of methoxy groups -OCH3 is 1. The van der Waals surface area contributed by atoms with Crippen LogP contribution in [0.15, 0.2) is 89.2 Å². The van der Waals surface area contributed by atoms with Gasteiger partial charge in [0.15, 0.2) is 0 Å². The highest BCUT2D eigenvalue weighted by atomic mass is 79.9. The van der Waals surface area contributed by atoms with Crippen LogP contribution in [0, 0.1) is 0 Å². The van der Waals surface area contributed by atoms with Crippen LogP contribution in [-0.2, 0) is 0 Å². The fourth-order valence-corrected chi connectivity index (χ4v) is 4.91. The second kappa shape index (κ2) is 7.53. The van der Waals surface area contributed by atoms with E-state index in [1.165, 1.54) is 0 Å². The van der Waals surface area contributed by atoms with Gasteiger partial charge in [-0.3, -0.25) is 0 Å². The number of hydrogen-bond donors (Lipinski definition) is 1. The second-order valence-corrected chi connectivity index (χ2v) is 8.63. The first kappa shape index (κ1) is 19.1. The van der Waals surface area contributed by atoms with Crippen molar-refractivity contribution in [2.45, 2.75) is 12.1 Å². The lowest BCUT2D eigenvalue weighted by Crippen LogP contribution is -2.32. The number of nitrogens with zero attached hydrogens (tertiary/aromatic N) is 3. The van der Waals surface area contributed by atoms with E-state index in [0.29, 0.717) is 5.95 Å². The summed E-state index contributed by atoms with van der Waals surface area (Å²) in [6.07, 6.45) is 1.27. The zero-order chi connectivity index (χ0) is 21.7. The minimum Gasteiger partial charge on any atom is -0.497 e. The third kappa shape index (κ3) is 3.00.